The van der Waals surface area contributed by atoms with Crippen molar-refractivity contribution in [3.05, 3.63) is 0 Å². The quantitative estimate of drug-likeness (QED) is 0.258. The number of amides is 1. The number of aliphatic imine (C=N–C) groups is 3. The molecule has 0 aromatic heterocycles. The van der Waals surface area contributed by atoms with E-state index in [9.17, 15) is 34.5 Å². The number of nitrogens with zero attached hydrogens (tertiary/aromatic N) is 4. The van der Waals surface area contributed by atoms with Crippen LogP contribution in [0.4, 0.5) is 0 Å². The Morgan fingerprint density at radius 2 is 1.92 bits per heavy atom. The van der Waals surface area contributed by atoms with Gasteiger partial charge in [0.05, 0.1) is 14.4 Å². The molecular weight excluding hydrogens is 397 g/mol. The molecule has 130 valence electrons. The van der Waals surface area contributed by atoms with Crippen molar-refractivity contribution in [2.45, 2.75) is 24.5 Å². The molecule has 26 heavy (non-hydrogen) atoms. The Labute approximate surface area is 190 Å². The summed E-state index contributed by atoms with van der Waals surface area (Å²) >= 11 is 0. The molecule has 0 bridgehead atoms. The van der Waals surface area contributed by atoms with Crippen LogP contribution >= 0.6 is 7.82 Å². The zero-order valence-electron chi connectivity index (χ0n) is 13.6. The second-order valence-corrected chi connectivity index (χ2v) is 6.08. The number of carbonyl (C=O) groups excluding carboxylic acids is 1. The molecule has 13 nitrogen and oxygen atoms in total. The van der Waals surface area contributed by atoms with Gasteiger partial charge >= 0.3 is 70.9 Å². The fourth-order valence-electron chi connectivity index (χ4n) is 2.32. The van der Waals surface area contributed by atoms with Crippen LogP contribution in [0.5, 0.6) is 0 Å². The van der Waals surface area contributed by atoms with E-state index in [-0.39, 0.29) is 70.7 Å². The van der Waals surface area contributed by atoms with Gasteiger partial charge in [0.15, 0.2) is 6.02 Å². The Bertz CT molecular complexity index is 764. The summed E-state index contributed by atoms with van der Waals surface area (Å²) in [6.45, 7) is -0.819. The molecule has 0 aromatic carbocycles. The largest absolute Gasteiger partial charge is 1.00 e. The van der Waals surface area contributed by atoms with Gasteiger partial charge in [-0.15, -0.1) is 0 Å². The maximum Gasteiger partial charge on any atom is 1.00 e. The van der Waals surface area contributed by atoms with Gasteiger partial charge in [-0.05, 0) is 0 Å². The van der Waals surface area contributed by atoms with Crippen LogP contribution in [-0.4, -0.2) is 75.7 Å². The molecule has 0 radical (unpaired) electrons. The molecule has 3 aliphatic rings. The molecule has 2 N–H and O–H groups in total. The average molecular weight is 406 g/mol. The van der Waals surface area contributed by atoms with Crippen LogP contribution in [-0.2, 0) is 18.6 Å². The molecular formula is C10H9N4Na2O9P. The van der Waals surface area contributed by atoms with E-state index in [0.717, 1.165) is 10.9 Å². The zero-order valence-corrected chi connectivity index (χ0v) is 18.5. The molecule has 0 spiro atoms. The molecule has 0 saturated carbocycles. The van der Waals surface area contributed by atoms with Crippen molar-refractivity contribution in [2.75, 3.05) is 6.61 Å². The van der Waals surface area contributed by atoms with Crippen LogP contribution in [0.2, 0.25) is 0 Å². The molecule has 1 saturated heterocycles. The SMILES string of the molecule is O=C1N=C([O-])N=C2C1=NC=[N+]2C1OC(COP(=O)([O-])[O-])C(O)C1O.[Na+].[Na+]. The van der Waals surface area contributed by atoms with E-state index < -0.39 is 50.9 Å². The molecule has 1 fully saturated rings. The van der Waals surface area contributed by atoms with Crippen molar-refractivity contribution in [3.8, 4) is 0 Å². The molecule has 3 aliphatic heterocycles. The summed E-state index contributed by atoms with van der Waals surface area (Å²) in [4.78, 5) is 42.8. The average Bonchev–Trinajstić information content (AvgIpc) is 3.00. The van der Waals surface area contributed by atoms with Crippen LogP contribution in [0.25, 0.3) is 0 Å². The number of phosphoric ester groups is 1. The second-order valence-electron chi connectivity index (χ2n) is 4.92. The minimum absolute atomic E-state index is 0. The van der Waals surface area contributed by atoms with Crippen molar-refractivity contribution in [1.82, 2.24) is 0 Å². The normalized spacial score (nSPS) is 30.4. The van der Waals surface area contributed by atoms with Crippen LogP contribution in [0, 0.1) is 0 Å². The Morgan fingerprint density at radius 3 is 2.54 bits per heavy atom. The van der Waals surface area contributed by atoms with E-state index in [4.69, 9.17) is 4.74 Å². The molecule has 3 heterocycles. The third-order valence-electron chi connectivity index (χ3n) is 3.38. The third kappa shape index (κ3) is 4.94. The predicted octanol–water partition coefficient (Wildman–Crippen LogP) is -11.6. The second kappa shape index (κ2) is 9.09. The standard InChI is InChI=1S/C10H11N4O9P.2Na/c15-5-3(1-22-24(19,20)21)23-9(6(5)16)14-2-11-4-7(14)12-10(18)13-8(4)17;;/h2-3,5-6,9,15-16H,1H2,(H2-,13,17,18,19,20,21);;/q;2*+1/p-2. The van der Waals surface area contributed by atoms with E-state index in [1.807, 2.05) is 0 Å². The number of hydrogen-bond acceptors (Lipinski definition) is 11. The number of carbonyl (C=O) groups is 1. The summed E-state index contributed by atoms with van der Waals surface area (Å²) in [5, 5.41) is 31.1. The minimum atomic E-state index is -5.29. The molecule has 3 rings (SSSR count). The van der Waals surface area contributed by atoms with E-state index in [1.165, 1.54) is 0 Å². The van der Waals surface area contributed by atoms with Crippen LogP contribution in [0.1, 0.15) is 0 Å². The van der Waals surface area contributed by atoms with Gasteiger partial charge in [-0.1, -0.05) is 9.98 Å². The van der Waals surface area contributed by atoms with Gasteiger partial charge in [0.1, 0.15) is 18.3 Å². The number of aliphatic hydroxyl groups is 2. The Balaban J connectivity index is 0.00000169. The fourth-order valence-corrected chi connectivity index (χ4v) is 2.65. The van der Waals surface area contributed by atoms with Crippen molar-refractivity contribution in [3.63, 3.8) is 0 Å². The summed E-state index contributed by atoms with van der Waals surface area (Å²) < 4.78 is 20.8. The monoisotopic (exact) mass is 406 g/mol. The van der Waals surface area contributed by atoms with Crippen molar-refractivity contribution in [2.24, 2.45) is 15.0 Å². The number of rotatable bonds is 4. The number of phosphoric acid groups is 1. The zero-order chi connectivity index (χ0) is 17.6. The number of ether oxygens (including phenoxy) is 1. The molecule has 4 unspecified atom stereocenters. The van der Waals surface area contributed by atoms with Gasteiger partial charge in [0, 0.05) is 0 Å². The fraction of sp³-hybridized carbons (Fsp3) is 0.500. The van der Waals surface area contributed by atoms with Gasteiger partial charge < -0.3 is 38.9 Å². The minimum Gasteiger partial charge on any atom is -0.831 e. The first-order valence-electron chi connectivity index (χ1n) is 6.44. The molecule has 16 heteroatoms. The number of aliphatic hydroxyl groups excluding tert-OH is 2. The van der Waals surface area contributed by atoms with Crippen molar-refractivity contribution < 1.29 is 107 Å². The smallest absolute Gasteiger partial charge is 0.831 e. The third-order valence-corrected chi connectivity index (χ3v) is 3.84. The van der Waals surface area contributed by atoms with Crippen molar-refractivity contribution >= 4 is 37.6 Å². The summed E-state index contributed by atoms with van der Waals surface area (Å²) in [5.74, 6) is -1.15. The first-order valence-corrected chi connectivity index (χ1v) is 7.90. The van der Waals surface area contributed by atoms with Gasteiger partial charge in [-0.2, -0.15) is 9.57 Å². The number of hydrogen-bond donors (Lipinski definition) is 2. The van der Waals surface area contributed by atoms with Crippen molar-refractivity contribution in [1.29, 1.82) is 0 Å². The number of amidine groups is 2. The first kappa shape index (κ1) is 24.2. The molecule has 0 aromatic rings. The molecule has 4 atom stereocenters. The van der Waals surface area contributed by atoms with E-state index in [1.54, 1.807) is 0 Å². The number of fused-ring (bicyclic) bond motifs is 1. The van der Waals surface area contributed by atoms with E-state index >= 15 is 0 Å². The van der Waals surface area contributed by atoms with E-state index in [0.29, 0.717) is 0 Å². The van der Waals surface area contributed by atoms with Gasteiger partial charge in [-0.3, -0.25) is 4.79 Å². The van der Waals surface area contributed by atoms with Crippen LogP contribution in [0.15, 0.2) is 15.0 Å². The summed E-state index contributed by atoms with van der Waals surface area (Å²) in [5.41, 5.74) is -0.247. The van der Waals surface area contributed by atoms with Crippen LogP contribution in [0.3, 0.4) is 0 Å². The Hall–Kier alpha value is 0.140. The van der Waals surface area contributed by atoms with Gasteiger partial charge in [0.2, 0.25) is 12.6 Å². The summed E-state index contributed by atoms with van der Waals surface area (Å²) in [7, 11) is -5.29. The molecule has 0 aliphatic carbocycles. The summed E-state index contributed by atoms with van der Waals surface area (Å²) in [6, 6.07) is -1.07. The maximum atomic E-state index is 11.6. The Morgan fingerprint density at radius 1 is 1.27 bits per heavy atom. The van der Waals surface area contributed by atoms with Gasteiger partial charge in [0.25, 0.3) is 5.71 Å². The predicted molar refractivity (Wildman–Crippen MR) is 67.9 cm³/mol. The van der Waals surface area contributed by atoms with Gasteiger partial charge in [-0.25, -0.2) is 0 Å². The Kier molecular flexibility index (Phi) is 8.46. The molecule has 1 amide bonds. The van der Waals surface area contributed by atoms with Crippen LogP contribution < -0.4 is 74.0 Å². The first-order chi connectivity index (χ1) is 11.2. The van der Waals surface area contributed by atoms with E-state index in [2.05, 4.69) is 19.5 Å². The maximum absolute atomic E-state index is 11.6. The summed E-state index contributed by atoms with van der Waals surface area (Å²) in [6.07, 6.45) is -4.84. The topological polar surface area (TPSA) is 202 Å².